The summed E-state index contributed by atoms with van der Waals surface area (Å²) < 4.78 is 11.3. The van der Waals surface area contributed by atoms with Crippen LogP contribution in [0.4, 0.5) is 5.69 Å². The van der Waals surface area contributed by atoms with Gasteiger partial charge in [0.15, 0.2) is 0 Å². The second kappa shape index (κ2) is 9.76. The molecule has 0 atom stereocenters. The van der Waals surface area contributed by atoms with E-state index in [0.29, 0.717) is 12.5 Å². The van der Waals surface area contributed by atoms with Crippen molar-refractivity contribution in [3.63, 3.8) is 0 Å². The van der Waals surface area contributed by atoms with Gasteiger partial charge in [-0.2, -0.15) is 0 Å². The molecule has 4 rings (SSSR count). The number of piperazine rings is 1. The lowest BCUT2D eigenvalue weighted by Crippen LogP contribution is -2.46. The van der Waals surface area contributed by atoms with E-state index in [1.807, 2.05) is 37.3 Å². The van der Waals surface area contributed by atoms with Gasteiger partial charge in [0.2, 0.25) is 5.88 Å². The van der Waals surface area contributed by atoms with Crippen LogP contribution in [0, 0.1) is 6.92 Å². The molecule has 2 heterocycles. The number of hydrogen-bond donors (Lipinski definition) is 0. The molecule has 0 unspecified atom stereocenters. The maximum atomic E-state index is 5.92. The van der Waals surface area contributed by atoms with Gasteiger partial charge in [-0.15, -0.1) is 0 Å². The number of anilines is 1. The quantitative estimate of drug-likeness (QED) is 0.529. The molecule has 6 heteroatoms. The van der Waals surface area contributed by atoms with Crippen LogP contribution in [0.5, 0.6) is 11.6 Å². The van der Waals surface area contributed by atoms with E-state index >= 15 is 0 Å². The summed E-state index contributed by atoms with van der Waals surface area (Å²) in [6.45, 7) is 8.03. The summed E-state index contributed by atoms with van der Waals surface area (Å²) in [7, 11) is 1.72. The number of hydrogen-bond acceptors (Lipinski definition) is 6. The van der Waals surface area contributed by atoms with Crippen molar-refractivity contribution in [3.05, 3.63) is 54.2 Å². The van der Waals surface area contributed by atoms with Crippen LogP contribution in [0.3, 0.4) is 0 Å². The van der Waals surface area contributed by atoms with Crippen LogP contribution in [0.15, 0.2) is 48.5 Å². The monoisotopic (exact) mass is 406 g/mol. The Morgan fingerprint density at radius 2 is 1.67 bits per heavy atom. The Hall–Kier alpha value is -2.86. The Morgan fingerprint density at radius 3 is 2.43 bits per heavy atom. The first-order valence-electron chi connectivity index (χ1n) is 10.7. The Morgan fingerprint density at radius 1 is 0.900 bits per heavy atom. The van der Waals surface area contributed by atoms with Crippen molar-refractivity contribution in [1.82, 2.24) is 14.9 Å². The molecule has 0 bridgehead atoms. The molecule has 1 aromatic heterocycles. The average molecular weight is 407 g/mol. The fraction of sp³-hybridized carbons (Fsp3) is 0.417. The summed E-state index contributed by atoms with van der Waals surface area (Å²) >= 11 is 0. The van der Waals surface area contributed by atoms with Crippen LogP contribution < -0.4 is 14.4 Å². The van der Waals surface area contributed by atoms with E-state index in [0.717, 1.165) is 68.0 Å². The largest absolute Gasteiger partial charge is 0.497 e. The lowest BCUT2D eigenvalue weighted by molar-refractivity contribution is 0.236. The highest BCUT2D eigenvalue weighted by molar-refractivity contribution is 5.74. The number of rotatable bonds is 8. The van der Waals surface area contributed by atoms with Gasteiger partial charge >= 0.3 is 0 Å². The third-order valence-corrected chi connectivity index (χ3v) is 5.60. The predicted molar refractivity (Wildman–Crippen MR) is 121 cm³/mol. The number of unbranched alkanes of at least 4 members (excludes halogenated alkanes) is 1. The number of nitrogens with zero attached hydrogens (tertiary/aromatic N) is 4. The van der Waals surface area contributed by atoms with Crippen LogP contribution in [-0.4, -0.2) is 61.3 Å². The molecule has 1 aliphatic rings. The third kappa shape index (κ3) is 5.00. The molecule has 0 aliphatic carbocycles. The van der Waals surface area contributed by atoms with Crippen molar-refractivity contribution < 1.29 is 9.47 Å². The van der Waals surface area contributed by atoms with Crippen molar-refractivity contribution in [1.29, 1.82) is 0 Å². The zero-order valence-electron chi connectivity index (χ0n) is 17.9. The smallest absolute Gasteiger partial charge is 0.235 e. The first-order chi connectivity index (χ1) is 14.7. The molecule has 30 heavy (non-hydrogen) atoms. The summed E-state index contributed by atoms with van der Waals surface area (Å²) in [5.41, 5.74) is 3.89. The lowest BCUT2D eigenvalue weighted by Gasteiger charge is -2.36. The molecular formula is C24H30N4O2. The van der Waals surface area contributed by atoms with E-state index in [2.05, 4.69) is 38.0 Å². The normalized spacial score (nSPS) is 14.8. The molecule has 0 amide bonds. The molecule has 2 aromatic carbocycles. The summed E-state index contributed by atoms with van der Waals surface area (Å²) in [6.07, 6.45) is 2.14. The van der Waals surface area contributed by atoms with Crippen LogP contribution in [0.1, 0.15) is 18.5 Å². The van der Waals surface area contributed by atoms with Gasteiger partial charge in [0.05, 0.1) is 24.8 Å². The summed E-state index contributed by atoms with van der Waals surface area (Å²) in [6, 6.07) is 16.2. The highest BCUT2D eigenvalue weighted by Crippen LogP contribution is 2.22. The van der Waals surface area contributed by atoms with Gasteiger partial charge in [-0.25, -0.2) is 9.97 Å². The molecule has 158 valence electrons. The van der Waals surface area contributed by atoms with Crippen molar-refractivity contribution in [2.75, 3.05) is 51.3 Å². The van der Waals surface area contributed by atoms with Crippen molar-refractivity contribution in [3.8, 4) is 11.6 Å². The van der Waals surface area contributed by atoms with E-state index in [1.165, 1.54) is 5.69 Å². The van der Waals surface area contributed by atoms with Crippen molar-refractivity contribution in [2.24, 2.45) is 0 Å². The van der Waals surface area contributed by atoms with Gasteiger partial charge in [-0.05, 0) is 50.6 Å². The molecule has 0 spiro atoms. The first-order valence-corrected chi connectivity index (χ1v) is 10.7. The number of fused-ring (bicyclic) bond motifs is 1. The molecule has 1 saturated heterocycles. The average Bonchev–Trinajstić information content (AvgIpc) is 2.79. The molecular weight excluding hydrogens is 376 g/mol. The molecule has 3 aromatic rings. The molecule has 1 fully saturated rings. The van der Waals surface area contributed by atoms with E-state index < -0.39 is 0 Å². The van der Waals surface area contributed by atoms with Gasteiger partial charge in [0.1, 0.15) is 11.4 Å². The summed E-state index contributed by atoms with van der Waals surface area (Å²) in [5.74, 6) is 1.57. The minimum absolute atomic E-state index is 0.653. The fourth-order valence-corrected chi connectivity index (χ4v) is 3.85. The molecule has 0 N–H and O–H groups in total. The van der Waals surface area contributed by atoms with E-state index in [1.54, 1.807) is 7.11 Å². The van der Waals surface area contributed by atoms with Crippen LogP contribution in [0.2, 0.25) is 0 Å². The molecule has 1 aliphatic heterocycles. The lowest BCUT2D eigenvalue weighted by atomic mass is 10.2. The topological polar surface area (TPSA) is 50.7 Å². The highest BCUT2D eigenvalue weighted by atomic mass is 16.5. The number of benzene rings is 2. The van der Waals surface area contributed by atoms with Crippen LogP contribution >= 0.6 is 0 Å². The van der Waals surface area contributed by atoms with E-state index in [9.17, 15) is 0 Å². The summed E-state index contributed by atoms with van der Waals surface area (Å²) in [5, 5.41) is 0. The van der Waals surface area contributed by atoms with Gasteiger partial charge in [-0.1, -0.05) is 18.2 Å². The molecule has 0 saturated carbocycles. The standard InChI is InChI=1S/C24H30N4O2/c1-19-24(26-23-11-4-3-10-22(23)25-19)30-17-6-5-12-27-13-15-28(16-14-27)20-8-7-9-21(18-20)29-2/h3-4,7-11,18H,5-6,12-17H2,1-2H3. The number of para-hydroxylation sites is 2. The Bertz CT molecular complexity index is 970. The SMILES string of the molecule is COc1cccc(N2CCN(CCCCOc3nc4ccccc4nc3C)CC2)c1. The Kier molecular flexibility index (Phi) is 6.64. The third-order valence-electron chi connectivity index (χ3n) is 5.60. The predicted octanol–water partition coefficient (Wildman–Crippen LogP) is 3.93. The van der Waals surface area contributed by atoms with Gasteiger partial charge in [-0.3, -0.25) is 4.90 Å². The zero-order chi connectivity index (χ0) is 20.8. The molecule has 0 radical (unpaired) electrons. The van der Waals surface area contributed by atoms with Gasteiger partial charge in [0.25, 0.3) is 0 Å². The van der Waals surface area contributed by atoms with Crippen molar-refractivity contribution >= 4 is 16.7 Å². The summed E-state index contributed by atoms with van der Waals surface area (Å²) in [4.78, 5) is 14.2. The number of ether oxygens (including phenoxy) is 2. The Labute approximate surface area is 178 Å². The maximum absolute atomic E-state index is 5.92. The fourth-order valence-electron chi connectivity index (χ4n) is 3.85. The highest BCUT2D eigenvalue weighted by Gasteiger charge is 2.17. The van der Waals surface area contributed by atoms with Gasteiger partial charge in [0, 0.05) is 37.9 Å². The minimum atomic E-state index is 0.653. The second-order valence-corrected chi connectivity index (χ2v) is 7.69. The number of aromatic nitrogens is 2. The van der Waals surface area contributed by atoms with E-state index in [-0.39, 0.29) is 0 Å². The minimum Gasteiger partial charge on any atom is -0.497 e. The second-order valence-electron chi connectivity index (χ2n) is 7.69. The van der Waals surface area contributed by atoms with Crippen LogP contribution in [0.25, 0.3) is 11.0 Å². The Balaban J connectivity index is 1.18. The first kappa shape index (κ1) is 20.4. The molecule has 6 nitrogen and oxygen atoms in total. The van der Waals surface area contributed by atoms with E-state index in [4.69, 9.17) is 9.47 Å². The number of methoxy groups -OCH3 is 1. The van der Waals surface area contributed by atoms with Crippen molar-refractivity contribution in [2.45, 2.75) is 19.8 Å². The van der Waals surface area contributed by atoms with Crippen LogP contribution in [-0.2, 0) is 0 Å². The zero-order valence-corrected chi connectivity index (χ0v) is 17.9. The van der Waals surface area contributed by atoms with Gasteiger partial charge < -0.3 is 14.4 Å². The number of aryl methyl sites for hydroxylation is 1. The maximum Gasteiger partial charge on any atom is 0.235 e.